The molecule has 0 aliphatic heterocycles. The summed E-state index contributed by atoms with van der Waals surface area (Å²) in [5.74, 6) is 1.05. The number of hydrogen-bond donors (Lipinski definition) is 1. The average Bonchev–Trinajstić information content (AvgIpc) is 3.36. The predicted octanol–water partition coefficient (Wildman–Crippen LogP) is 4.07. The molecule has 0 saturated heterocycles. The quantitative estimate of drug-likeness (QED) is 0.421. The van der Waals surface area contributed by atoms with Crippen molar-refractivity contribution in [3.05, 3.63) is 71.6 Å². The van der Waals surface area contributed by atoms with E-state index in [1.54, 1.807) is 24.5 Å². The van der Waals surface area contributed by atoms with Gasteiger partial charge >= 0.3 is 0 Å². The molecule has 1 aromatic carbocycles. The molecule has 4 aromatic heterocycles. The Morgan fingerprint density at radius 3 is 2.81 bits per heavy atom. The molecule has 32 heavy (non-hydrogen) atoms. The number of hydrogen-bond acceptors (Lipinski definition) is 5. The number of nitrogens with one attached hydrogen (secondary N) is 1. The van der Waals surface area contributed by atoms with Crippen LogP contribution in [0.15, 0.2) is 61.1 Å². The van der Waals surface area contributed by atoms with Crippen LogP contribution in [0.25, 0.3) is 33.5 Å². The first-order chi connectivity index (χ1) is 15.3. The summed E-state index contributed by atoms with van der Waals surface area (Å²) >= 11 is 6.09. The van der Waals surface area contributed by atoms with Crippen LogP contribution in [0.4, 0.5) is 5.82 Å². The second kappa shape index (κ2) is 7.61. The van der Waals surface area contributed by atoms with E-state index in [0.29, 0.717) is 28.9 Å². The van der Waals surface area contributed by atoms with Gasteiger partial charge in [0.15, 0.2) is 5.82 Å². The van der Waals surface area contributed by atoms with Crippen LogP contribution in [0, 0.1) is 0 Å². The zero-order valence-corrected chi connectivity index (χ0v) is 18.9. The van der Waals surface area contributed by atoms with Crippen molar-refractivity contribution in [1.82, 2.24) is 24.5 Å². The van der Waals surface area contributed by atoms with Gasteiger partial charge in [-0.2, -0.15) is 0 Å². The number of H-pyrrole nitrogens is 1. The third-order valence-corrected chi connectivity index (χ3v) is 6.75. The van der Waals surface area contributed by atoms with Gasteiger partial charge in [-0.15, -0.1) is 0 Å². The highest BCUT2D eigenvalue weighted by Gasteiger charge is 2.18. The van der Waals surface area contributed by atoms with Crippen molar-refractivity contribution in [3.63, 3.8) is 0 Å². The summed E-state index contributed by atoms with van der Waals surface area (Å²) in [5, 5.41) is 1.60. The number of rotatable bonds is 5. The normalized spacial score (nSPS) is 12.0. The Bertz CT molecular complexity index is 1570. The number of imidazole rings is 1. The summed E-state index contributed by atoms with van der Waals surface area (Å²) in [5.41, 5.74) is 4.09. The first-order valence-electron chi connectivity index (χ1n) is 9.78. The van der Waals surface area contributed by atoms with Gasteiger partial charge in [-0.25, -0.2) is 18.4 Å². The summed E-state index contributed by atoms with van der Waals surface area (Å²) in [7, 11) is -1.92. The summed E-state index contributed by atoms with van der Waals surface area (Å²) in [6, 6.07) is 13.1. The molecule has 162 valence electrons. The standard InChI is InChI=1S/C22H19ClN6O2S/c1-28(32(2,30)31)22-15(4-3-8-24-22)13-29-9-7-14-12-25-19(11-20(14)29)21-26-17-6-5-16(23)10-18(17)27-21/h3-12H,13H2,1-2H3,(H,26,27). The van der Waals surface area contributed by atoms with E-state index in [-0.39, 0.29) is 0 Å². The number of pyridine rings is 2. The molecule has 1 N–H and O–H groups in total. The molecule has 5 aromatic rings. The van der Waals surface area contributed by atoms with Crippen LogP contribution in [-0.2, 0) is 16.6 Å². The first-order valence-corrected chi connectivity index (χ1v) is 12.0. The maximum atomic E-state index is 12.0. The van der Waals surface area contributed by atoms with Crippen molar-refractivity contribution in [2.45, 2.75) is 6.54 Å². The molecule has 0 aliphatic carbocycles. The average molecular weight is 467 g/mol. The molecule has 5 rings (SSSR count). The summed E-state index contributed by atoms with van der Waals surface area (Å²) in [6.45, 7) is 0.450. The highest BCUT2D eigenvalue weighted by Crippen LogP contribution is 2.26. The van der Waals surface area contributed by atoms with Crippen LogP contribution in [-0.4, -0.2) is 46.2 Å². The Morgan fingerprint density at radius 1 is 1.16 bits per heavy atom. The van der Waals surface area contributed by atoms with Gasteiger partial charge in [-0.05, 0) is 36.4 Å². The van der Waals surface area contributed by atoms with Gasteiger partial charge in [0.1, 0.15) is 11.5 Å². The lowest BCUT2D eigenvalue weighted by Crippen LogP contribution is -2.27. The van der Waals surface area contributed by atoms with Gasteiger partial charge in [-0.1, -0.05) is 17.7 Å². The van der Waals surface area contributed by atoms with E-state index >= 15 is 0 Å². The monoisotopic (exact) mass is 466 g/mol. The highest BCUT2D eigenvalue weighted by molar-refractivity contribution is 7.92. The highest BCUT2D eigenvalue weighted by atomic mass is 35.5. The van der Waals surface area contributed by atoms with Crippen molar-refractivity contribution in [3.8, 4) is 11.5 Å². The van der Waals surface area contributed by atoms with Gasteiger partial charge in [0, 0.05) is 41.6 Å². The predicted molar refractivity (Wildman–Crippen MR) is 126 cm³/mol. The van der Waals surface area contributed by atoms with Crippen LogP contribution >= 0.6 is 11.6 Å². The molecule has 0 unspecified atom stereocenters. The molecule has 10 heteroatoms. The fraction of sp³-hybridized carbons (Fsp3) is 0.136. The Morgan fingerprint density at radius 2 is 2.00 bits per heavy atom. The molecule has 0 radical (unpaired) electrons. The summed E-state index contributed by atoms with van der Waals surface area (Å²) in [4.78, 5) is 16.7. The van der Waals surface area contributed by atoms with Crippen LogP contribution in [0.5, 0.6) is 0 Å². The minimum absolute atomic E-state index is 0.403. The van der Waals surface area contributed by atoms with Gasteiger partial charge in [-0.3, -0.25) is 9.29 Å². The van der Waals surface area contributed by atoms with Gasteiger partial charge in [0.25, 0.3) is 0 Å². The Labute approximate surface area is 189 Å². The summed E-state index contributed by atoms with van der Waals surface area (Å²) in [6.07, 6.45) is 6.50. The van der Waals surface area contributed by atoms with E-state index in [1.807, 2.05) is 41.1 Å². The Balaban J connectivity index is 1.55. The fourth-order valence-electron chi connectivity index (χ4n) is 3.63. The van der Waals surface area contributed by atoms with Crippen LogP contribution in [0.3, 0.4) is 0 Å². The number of nitrogens with zero attached hydrogens (tertiary/aromatic N) is 5. The first kappa shape index (κ1) is 20.5. The van der Waals surface area contributed by atoms with Crippen molar-refractivity contribution >= 4 is 49.4 Å². The third-order valence-electron chi connectivity index (χ3n) is 5.35. The number of fused-ring (bicyclic) bond motifs is 2. The molecule has 0 atom stereocenters. The number of benzene rings is 1. The van der Waals surface area contributed by atoms with E-state index in [0.717, 1.165) is 33.8 Å². The van der Waals surface area contributed by atoms with Crippen LogP contribution in [0.1, 0.15) is 5.56 Å². The van der Waals surface area contributed by atoms with Crippen molar-refractivity contribution in [2.75, 3.05) is 17.6 Å². The molecule has 4 heterocycles. The fourth-order valence-corrected chi connectivity index (χ4v) is 4.28. The maximum Gasteiger partial charge on any atom is 0.233 e. The molecular formula is C22H19ClN6O2S. The maximum absolute atomic E-state index is 12.0. The van der Waals surface area contributed by atoms with Crippen LogP contribution in [0.2, 0.25) is 5.02 Å². The lowest BCUT2D eigenvalue weighted by molar-refractivity contribution is 0.599. The Hall–Kier alpha value is -3.43. The molecule has 0 aliphatic rings. The second-order valence-electron chi connectivity index (χ2n) is 7.54. The minimum Gasteiger partial charge on any atom is -0.343 e. The minimum atomic E-state index is -3.43. The zero-order chi connectivity index (χ0) is 22.5. The molecule has 0 amide bonds. The number of aromatic amines is 1. The van der Waals surface area contributed by atoms with E-state index in [1.165, 1.54) is 11.4 Å². The summed E-state index contributed by atoms with van der Waals surface area (Å²) < 4.78 is 27.3. The molecule has 0 spiro atoms. The SMILES string of the molecule is CN(c1ncccc1Cn1ccc2cnc(-c3nc4ccc(Cl)cc4[nH]3)cc21)S(C)(=O)=O. The van der Waals surface area contributed by atoms with Crippen molar-refractivity contribution < 1.29 is 8.42 Å². The molecular weight excluding hydrogens is 448 g/mol. The van der Waals surface area contributed by atoms with Crippen molar-refractivity contribution in [1.29, 1.82) is 0 Å². The molecule has 8 nitrogen and oxygen atoms in total. The lowest BCUT2D eigenvalue weighted by Gasteiger charge is -2.19. The number of sulfonamides is 1. The largest absolute Gasteiger partial charge is 0.343 e. The van der Waals surface area contributed by atoms with E-state index < -0.39 is 10.0 Å². The second-order valence-corrected chi connectivity index (χ2v) is 9.99. The third kappa shape index (κ3) is 3.69. The topological polar surface area (TPSA) is 96.8 Å². The van der Waals surface area contributed by atoms with Crippen molar-refractivity contribution in [2.24, 2.45) is 0 Å². The zero-order valence-electron chi connectivity index (χ0n) is 17.3. The molecule has 0 fully saturated rings. The molecule has 0 saturated carbocycles. The van der Waals surface area contributed by atoms with Gasteiger partial charge < -0.3 is 9.55 Å². The van der Waals surface area contributed by atoms with E-state index in [9.17, 15) is 8.42 Å². The molecule has 0 bridgehead atoms. The van der Waals surface area contributed by atoms with E-state index in [4.69, 9.17) is 11.6 Å². The van der Waals surface area contributed by atoms with Crippen LogP contribution < -0.4 is 4.31 Å². The number of aromatic nitrogens is 5. The lowest BCUT2D eigenvalue weighted by atomic mass is 10.2. The number of halogens is 1. The van der Waals surface area contributed by atoms with E-state index in [2.05, 4.69) is 19.9 Å². The Kier molecular flexibility index (Phi) is 4.87. The smallest absolute Gasteiger partial charge is 0.233 e. The number of anilines is 1. The van der Waals surface area contributed by atoms with Gasteiger partial charge in [0.05, 0.1) is 29.4 Å². The van der Waals surface area contributed by atoms with Gasteiger partial charge in [0.2, 0.25) is 10.0 Å².